The van der Waals surface area contributed by atoms with E-state index in [-0.39, 0.29) is 11.2 Å². The molecular formula is C14H20ClNO2S. The van der Waals surface area contributed by atoms with Crippen molar-refractivity contribution in [1.82, 2.24) is 5.32 Å². The maximum Gasteiger partial charge on any atom is 0.181 e. The van der Waals surface area contributed by atoms with Gasteiger partial charge in [-0.05, 0) is 43.5 Å². The van der Waals surface area contributed by atoms with E-state index in [1.807, 2.05) is 13.8 Å². The molecule has 0 aromatic heterocycles. The second kappa shape index (κ2) is 5.81. The Labute approximate surface area is 120 Å². The minimum absolute atomic E-state index is 0.129. The van der Waals surface area contributed by atoms with Crippen LogP contribution in [0.1, 0.15) is 26.7 Å². The van der Waals surface area contributed by atoms with Gasteiger partial charge in [-0.2, -0.15) is 0 Å². The van der Waals surface area contributed by atoms with E-state index in [2.05, 4.69) is 5.32 Å². The molecule has 2 rings (SSSR count). The number of hydrogen-bond acceptors (Lipinski definition) is 3. The van der Waals surface area contributed by atoms with Gasteiger partial charge >= 0.3 is 0 Å². The summed E-state index contributed by atoms with van der Waals surface area (Å²) >= 11 is 5.90. The van der Waals surface area contributed by atoms with Crippen molar-refractivity contribution in [2.24, 2.45) is 5.92 Å². The molecule has 3 atom stereocenters. The van der Waals surface area contributed by atoms with Crippen molar-refractivity contribution in [3.63, 3.8) is 0 Å². The smallest absolute Gasteiger partial charge is 0.181 e. The van der Waals surface area contributed by atoms with Gasteiger partial charge in [0.05, 0.1) is 10.1 Å². The maximum atomic E-state index is 12.7. The van der Waals surface area contributed by atoms with Crippen LogP contribution >= 0.6 is 11.6 Å². The van der Waals surface area contributed by atoms with Crippen molar-refractivity contribution in [3.8, 4) is 0 Å². The molecule has 1 fully saturated rings. The second-order valence-corrected chi connectivity index (χ2v) is 7.74. The van der Waals surface area contributed by atoms with Crippen LogP contribution in [0.2, 0.25) is 5.02 Å². The Morgan fingerprint density at radius 2 is 2.11 bits per heavy atom. The van der Waals surface area contributed by atoms with Gasteiger partial charge in [0.2, 0.25) is 0 Å². The van der Waals surface area contributed by atoms with Crippen molar-refractivity contribution in [1.29, 1.82) is 0 Å². The minimum Gasteiger partial charge on any atom is -0.314 e. The van der Waals surface area contributed by atoms with E-state index < -0.39 is 9.84 Å². The average molecular weight is 302 g/mol. The van der Waals surface area contributed by atoms with Gasteiger partial charge in [0.25, 0.3) is 0 Å². The van der Waals surface area contributed by atoms with E-state index in [1.54, 1.807) is 24.3 Å². The molecule has 1 N–H and O–H groups in total. The molecule has 0 bridgehead atoms. The lowest BCUT2D eigenvalue weighted by Gasteiger charge is -2.21. The lowest BCUT2D eigenvalue weighted by Crippen LogP contribution is -2.36. The van der Waals surface area contributed by atoms with Gasteiger partial charge in [0.15, 0.2) is 9.84 Å². The molecule has 1 aromatic carbocycles. The predicted octanol–water partition coefficient (Wildman–Crippen LogP) is 2.89. The van der Waals surface area contributed by atoms with Crippen molar-refractivity contribution in [2.45, 2.75) is 42.9 Å². The molecular weight excluding hydrogens is 282 g/mol. The zero-order valence-electron chi connectivity index (χ0n) is 11.3. The van der Waals surface area contributed by atoms with Crippen LogP contribution in [0, 0.1) is 5.92 Å². The molecule has 106 valence electrons. The summed E-state index contributed by atoms with van der Waals surface area (Å²) in [6.45, 7) is 4.94. The summed E-state index contributed by atoms with van der Waals surface area (Å²) in [5.41, 5.74) is 0. The lowest BCUT2D eigenvalue weighted by molar-refractivity contribution is 0.433. The van der Waals surface area contributed by atoms with Crippen LogP contribution in [-0.2, 0) is 9.84 Å². The average Bonchev–Trinajstić information content (AvgIpc) is 2.72. The highest BCUT2D eigenvalue weighted by atomic mass is 35.5. The Balaban J connectivity index is 2.26. The second-order valence-electron chi connectivity index (χ2n) is 5.14. The molecule has 5 heteroatoms. The molecule has 3 unspecified atom stereocenters. The first-order valence-electron chi connectivity index (χ1n) is 6.69. The molecule has 1 aliphatic carbocycles. The van der Waals surface area contributed by atoms with Crippen LogP contribution in [-0.4, -0.2) is 26.3 Å². The number of sulfone groups is 1. The first-order chi connectivity index (χ1) is 8.96. The summed E-state index contributed by atoms with van der Waals surface area (Å²) in [5, 5.41) is 3.53. The van der Waals surface area contributed by atoms with Gasteiger partial charge in [0.1, 0.15) is 0 Å². The van der Waals surface area contributed by atoms with Gasteiger partial charge in [-0.25, -0.2) is 8.42 Å². The number of nitrogens with one attached hydrogen (secondary N) is 1. The third-order valence-electron chi connectivity index (χ3n) is 3.97. The van der Waals surface area contributed by atoms with Gasteiger partial charge in [-0.15, -0.1) is 0 Å². The fraction of sp³-hybridized carbons (Fsp3) is 0.571. The maximum absolute atomic E-state index is 12.7. The fourth-order valence-electron chi connectivity index (χ4n) is 2.94. The molecule has 0 spiro atoms. The molecule has 0 amide bonds. The van der Waals surface area contributed by atoms with Crippen molar-refractivity contribution in [3.05, 3.63) is 29.3 Å². The van der Waals surface area contributed by atoms with Gasteiger partial charge in [-0.3, -0.25) is 0 Å². The van der Waals surface area contributed by atoms with E-state index in [0.29, 0.717) is 22.4 Å². The third-order valence-corrected chi connectivity index (χ3v) is 6.58. The van der Waals surface area contributed by atoms with Crippen molar-refractivity contribution >= 4 is 21.4 Å². The molecule has 1 aromatic rings. The van der Waals surface area contributed by atoms with Crippen LogP contribution in [0.25, 0.3) is 0 Å². The highest BCUT2D eigenvalue weighted by Gasteiger charge is 2.41. The zero-order chi connectivity index (χ0) is 14.0. The molecule has 0 aliphatic heterocycles. The largest absolute Gasteiger partial charge is 0.314 e. The highest BCUT2D eigenvalue weighted by Crippen LogP contribution is 2.35. The molecule has 1 saturated carbocycles. The first-order valence-corrected chi connectivity index (χ1v) is 8.62. The quantitative estimate of drug-likeness (QED) is 0.930. The van der Waals surface area contributed by atoms with Crippen LogP contribution < -0.4 is 5.32 Å². The van der Waals surface area contributed by atoms with Gasteiger partial charge in [0, 0.05) is 11.1 Å². The number of rotatable bonds is 4. The summed E-state index contributed by atoms with van der Waals surface area (Å²) < 4.78 is 25.3. The third kappa shape index (κ3) is 2.96. The van der Waals surface area contributed by atoms with E-state index in [4.69, 9.17) is 11.6 Å². The van der Waals surface area contributed by atoms with Crippen LogP contribution in [0.4, 0.5) is 0 Å². The monoisotopic (exact) mass is 301 g/mol. The Hall–Kier alpha value is -0.580. The van der Waals surface area contributed by atoms with Crippen LogP contribution in [0.3, 0.4) is 0 Å². The highest BCUT2D eigenvalue weighted by molar-refractivity contribution is 7.92. The summed E-state index contributed by atoms with van der Waals surface area (Å²) in [6, 6.07) is 6.86. The topological polar surface area (TPSA) is 46.2 Å². The molecule has 0 heterocycles. The summed E-state index contributed by atoms with van der Waals surface area (Å²) in [6.07, 6.45) is 1.63. The van der Waals surface area contributed by atoms with E-state index >= 15 is 0 Å². The lowest BCUT2D eigenvalue weighted by atomic mass is 10.1. The molecule has 0 radical (unpaired) electrons. The Bertz CT molecular complexity index is 544. The molecule has 0 saturated heterocycles. The van der Waals surface area contributed by atoms with Crippen LogP contribution in [0.5, 0.6) is 0 Å². The standard InChI is InChI=1S/C14H20ClNO2S/c1-3-16-13-7-8-14(10(13)2)19(17,18)12-6-4-5-11(15)9-12/h4-6,9-10,13-14,16H,3,7-8H2,1-2H3. The summed E-state index contributed by atoms with van der Waals surface area (Å²) in [4.78, 5) is 0.342. The zero-order valence-corrected chi connectivity index (χ0v) is 12.8. The fourth-order valence-corrected chi connectivity index (χ4v) is 5.30. The SMILES string of the molecule is CCNC1CCC(S(=O)(=O)c2cccc(Cl)c2)C1C. The first kappa shape index (κ1) is 14.8. The Kier molecular flexibility index (Phi) is 4.54. The minimum atomic E-state index is -3.29. The van der Waals surface area contributed by atoms with Crippen molar-refractivity contribution in [2.75, 3.05) is 6.54 Å². The number of benzene rings is 1. The molecule has 1 aliphatic rings. The van der Waals surface area contributed by atoms with E-state index in [9.17, 15) is 8.42 Å². The number of halogens is 1. The molecule has 3 nitrogen and oxygen atoms in total. The molecule has 19 heavy (non-hydrogen) atoms. The van der Waals surface area contributed by atoms with E-state index in [1.165, 1.54) is 0 Å². The Morgan fingerprint density at radius 3 is 2.74 bits per heavy atom. The van der Waals surface area contributed by atoms with Gasteiger partial charge < -0.3 is 5.32 Å². The normalized spacial score (nSPS) is 27.6. The van der Waals surface area contributed by atoms with Crippen LogP contribution in [0.15, 0.2) is 29.2 Å². The summed E-state index contributed by atoms with van der Waals surface area (Å²) in [5.74, 6) is 0.129. The number of hydrogen-bond donors (Lipinski definition) is 1. The van der Waals surface area contributed by atoms with E-state index in [0.717, 1.165) is 13.0 Å². The predicted molar refractivity (Wildman–Crippen MR) is 78.3 cm³/mol. The van der Waals surface area contributed by atoms with Gasteiger partial charge in [-0.1, -0.05) is 31.5 Å². The summed E-state index contributed by atoms with van der Waals surface area (Å²) in [7, 11) is -3.29. The van der Waals surface area contributed by atoms with Crippen molar-refractivity contribution < 1.29 is 8.42 Å². The Morgan fingerprint density at radius 1 is 1.37 bits per heavy atom.